The molecule has 0 aliphatic carbocycles. The Morgan fingerprint density at radius 2 is 1.87 bits per heavy atom. The number of hydrogen-bond acceptors (Lipinski definition) is 5. The van der Waals surface area contributed by atoms with Crippen molar-refractivity contribution >= 4 is 16.7 Å². The fourth-order valence-corrected chi connectivity index (χ4v) is 3.45. The summed E-state index contributed by atoms with van der Waals surface area (Å²) in [7, 11) is 1.47. The number of hydrogen-bond donors (Lipinski definition) is 1. The number of halogens is 3. The average Bonchev–Trinajstić information content (AvgIpc) is 3.36. The van der Waals surface area contributed by atoms with E-state index >= 15 is 0 Å². The van der Waals surface area contributed by atoms with Crippen LogP contribution in [0.5, 0.6) is 5.75 Å². The lowest BCUT2D eigenvalue weighted by Crippen LogP contribution is -2.18. The molecule has 10 heteroatoms. The molecule has 0 bridgehead atoms. The van der Waals surface area contributed by atoms with Gasteiger partial charge in [0, 0.05) is 6.20 Å². The van der Waals surface area contributed by atoms with Crippen molar-refractivity contribution < 1.29 is 22.3 Å². The van der Waals surface area contributed by atoms with Gasteiger partial charge in [-0.1, -0.05) is 36.4 Å². The Morgan fingerprint density at radius 1 is 1.10 bits per heavy atom. The molecule has 5 rings (SSSR count). The zero-order chi connectivity index (χ0) is 21.8. The molecule has 0 saturated heterocycles. The van der Waals surface area contributed by atoms with Gasteiger partial charge in [-0.3, -0.25) is 9.89 Å². The molecule has 0 radical (unpaired) electrons. The Bertz CT molecular complexity index is 1480. The quantitative estimate of drug-likeness (QED) is 0.458. The van der Waals surface area contributed by atoms with E-state index in [4.69, 9.17) is 9.15 Å². The second kappa shape index (κ2) is 6.73. The number of nitrogens with zero attached hydrogens (tertiary/aromatic N) is 3. The van der Waals surface area contributed by atoms with E-state index in [1.165, 1.54) is 19.2 Å². The number of nitrogens with one attached hydrogen (secondary N) is 1. The number of benzene rings is 2. The molecule has 0 unspecified atom stereocenters. The van der Waals surface area contributed by atoms with Crippen LogP contribution in [0.15, 0.2) is 63.9 Å². The highest BCUT2D eigenvalue weighted by atomic mass is 19.4. The van der Waals surface area contributed by atoms with Crippen molar-refractivity contribution in [1.29, 1.82) is 0 Å². The van der Waals surface area contributed by atoms with Crippen LogP contribution in [-0.4, -0.2) is 26.7 Å². The van der Waals surface area contributed by atoms with Crippen molar-refractivity contribution in [3.05, 3.63) is 70.8 Å². The number of aromatic nitrogens is 4. The molecule has 5 aromatic rings. The summed E-state index contributed by atoms with van der Waals surface area (Å²) < 4.78 is 52.8. The molecule has 0 amide bonds. The Labute approximate surface area is 171 Å². The summed E-state index contributed by atoms with van der Waals surface area (Å²) in [6.45, 7) is 0. The molecule has 31 heavy (non-hydrogen) atoms. The third-order valence-corrected chi connectivity index (χ3v) is 4.84. The molecular formula is C21H13F3N4O3. The summed E-state index contributed by atoms with van der Waals surface area (Å²) in [4.78, 5) is 21.5. The lowest BCUT2D eigenvalue weighted by atomic mass is 10.1. The lowest BCUT2D eigenvalue weighted by molar-refractivity contribution is -0.140. The van der Waals surface area contributed by atoms with Crippen molar-refractivity contribution in [2.75, 3.05) is 7.11 Å². The van der Waals surface area contributed by atoms with E-state index in [1.807, 2.05) is 0 Å². The first-order chi connectivity index (χ1) is 14.9. The molecule has 0 spiro atoms. The van der Waals surface area contributed by atoms with Gasteiger partial charge < -0.3 is 9.15 Å². The number of para-hydroxylation sites is 1. The Kier molecular flexibility index (Phi) is 4.10. The second-order valence-electron chi connectivity index (χ2n) is 6.69. The number of rotatable bonds is 3. The van der Waals surface area contributed by atoms with Gasteiger partial charge in [0.1, 0.15) is 17.0 Å². The normalized spacial score (nSPS) is 12.0. The Hall–Kier alpha value is -4.08. The summed E-state index contributed by atoms with van der Waals surface area (Å²) in [6.07, 6.45) is -3.56. The summed E-state index contributed by atoms with van der Waals surface area (Å²) in [5.41, 5.74) is -1.27. The molecule has 2 aromatic carbocycles. The van der Waals surface area contributed by atoms with E-state index < -0.39 is 17.4 Å². The molecule has 1 N–H and O–H groups in total. The van der Waals surface area contributed by atoms with Crippen molar-refractivity contribution in [1.82, 2.24) is 19.6 Å². The third kappa shape index (κ3) is 2.95. The molecule has 0 fully saturated rings. The van der Waals surface area contributed by atoms with Gasteiger partial charge >= 0.3 is 6.18 Å². The average molecular weight is 426 g/mol. The van der Waals surface area contributed by atoms with E-state index in [-0.39, 0.29) is 28.2 Å². The highest BCUT2D eigenvalue weighted by molar-refractivity contribution is 5.83. The van der Waals surface area contributed by atoms with Crippen LogP contribution in [0, 0.1) is 0 Å². The fraction of sp³-hybridized carbons (Fsp3) is 0.0952. The first-order valence-electron chi connectivity index (χ1n) is 9.08. The molecule has 0 aliphatic heterocycles. The number of methoxy groups -OCH3 is 1. The Morgan fingerprint density at radius 3 is 2.58 bits per heavy atom. The van der Waals surface area contributed by atoms with Gasteiger partial charge in [0.05, 0.1) is 12.7 Å². The summed E-state index contributed by atoms with van der Waals surface area (Å²) in [5, 5.41) is 2.16. The minimum Gasteiger partial charge on any atom is -0.494 e. The van der Waals surface area contributed by atoms with Crippen LogP contribution in [0.1, 0.15) is 5.69 Å². The summed E-state index contributed by atoms with van der Waals surface area (Å²) >= 11 is 0. The molecule has 3 aromatic heterocycles. The van der Waals surface area contributed by atoms with Crippen LogP contribution < -0.4 is 10.3 Å². The number of H-pyrrole nitrogens is 1. The van der Waals surface area contributed by atoms with E-state index in [1.54, 1.807) is 36.4 Å². The fourth-order valence-electron chi connectivity index (χ4n) is 3.45. The number of aromatic amines is 1. The largest absolute Gasteiger partial charge is 0.494 e. The minimum atomic E-state index is -4.73. The molecular weight excluding hydrogens is 413 g/mol. The minimum absolute atomic E-state index is 0.0733. The predicted octanol–water partition coefficient (Wildman–Crippen LogP) is 4.53. The predicted molar refractivity (Wildman–Crippen MR) is 106 cm³/mol. The number of fused-ring (bicyclic) bond motifs is 2. The zero-order valence-electron chi connectivity index (χ0n) is 15.9. The van der Waals surface area contributed by atoms with Gasteiger partial charge in [-0.25, -0.2) is 9.97 Å². The standard InChI is InChI=1S/C21H13F3N4O3/c1-30-13-8-5-9-14-16(13)26-19(31-14)12-10-25-18-15(11-6-3-2-4-7-11)17(21(22,23)24)27-28(18)20(12)29/h2-10,27H,1H3. The van der Waals surface area contributed by atoms with Crippen molar-refractivity contribution in [3.8, 4) is 28.3 Å². The highest BCUT2D eigenvalue weighted by Gasteiger charge is 2.38. The molecule has 0 aliphatic rings. The molecule has 0 saturated carbocycles. The third-order valence-electron chi connectivity index (χ3n) is 4.84. The molecule has 156 valence electrons. The zero-order valence-corrected chi connectivity index (χ0v) is 15.9. The maximum atomic E-state index is 13.7. The summed E-state index contributed by atoms with van der Waals surface area (Å²) in [6, 6.07) is 12.9. The van der Waals surface area contributed by atoms with Crippen LogP contribution >= 0.6 is 0 Å². The van der Waals surface area contributed by atoms with Crippen molar-refractivity contribution in [2.45, 2.75) is 6.18 Å². The number of oxazole rings is 1. The van der Waals surface area contributed by atoms with Gasteiger partial charge in [0.2, 0.25) is 5.89 Å². The number of alkyl halides is 3. The lowest BCUT2D eigenvalue weighted by Gasteiger charge is -2.06. The Balaban J connectivity index is 1.77. The van der Waals surface area contributed by atoms with E-state index in [2.05, 4.69) is 15.1 Å². The first-order valence-corrected chi connectivity index (χ1v) is 9.08. The first kappa shape index (κ1) is 18.9. The molecule has 0 atom stereocenters. The summed E-state index contributed by atoms with van der Waals surface area (Å²) in [5.74, 6) is 0.364. The SMILES string of the molecule is COc1cccc2oc(-c3cnc4c(-c5ccccc5)c(C(F)(F)F)[nH]n4c3=O)nc12. The number of ether oxygens (including phenoxy) is 1. The second-order valence-corrected chi connectivity index (χ2v) is 6.69. The maximum absolute atomic E-state index is 13.7. The van der Waals surface area contributed by atoms with Gasteiger partial charge in [0.15, 0.2) is 16.7 Å². The van der Waals surface area contributed by atoms with E-state index in [0.29, 0.717) is 16.8 Å². The van der Waals surface area contributed by atoms with Gasteiger partial charge in [-0.05, 0) is 17.7 Å². The maximum Gasteiger partial charge on any atom is 0.433 e. The molecule has 7 nitrogen and oxygen atoms in total. The van der Waals surface area contributed by atoms with Crippen molar-refractivity contribution in [2.24, 2.45) is 0 Å². The van der Waals surface area contributed by atoms with Crippen LogP contribution in [0.3, 0.4) is 0 Å². The molecule has 3 heterocycles. The van der Waals surface area contributed by atoms with Gasteiger partial charge in [-0.15, -0.1) is 0 Å². The van der Waals surface area contributed by atoms with Crippen LogP contribution in [0.25, 0.3) is 39.3 Å². The smallest absolute Gasteiger partial charge is 0.433 e. The van der Waals surface area contributed by atoms with Crippen LogP contribution in [-0.2, 0) is 6.18 Å². The monoisotopic (exact) mass is 426 g/mol. The van der Waals surface area contributed by atoms with Gasteiger partial charge in [-0.2, -0.15) is 17.7 Å². The van der Waals surface area contributed by atoms with Crippen molar-refractivity contribution in [3.63, 3.8) is 0 Å². The topological polar surface area (TPSA) is 85.4 Å². The van der Waals surface area contributed by atoms with Gasteiger partial charge in [0.25, 0.3) is 5.56 Å². The highest BCUT2D eigenvalue weighted by Crippen LogP contribution is 2.38. The van der Waals surface area contributed by atoms with E-state index in [9.17, 15) is 18.0 Å². The van der Waals surface area contributed by atoms with E-state index in [0.717, 1.165) is 10.7 Å². The van der Waals surface area contributed by atoms with Crippen LogP contribution in [0.2, 0.25) is 0 Å². The van der Waals surface area contributed by atoms with Crippen LogP contribution in [0.4, 0.5) is 13.2 Å².